The average Bonchev–Trinajstić information content (AvgIpc) is 3.52. The molecule has 0 atom stereocenters. The molecule has 188 valence electrons. The van der Waals surface area contributed by atoms with E-state index in [2.05, 4.69) is 46.8 Å². The van der Waals surface area contributed by atoms with E-state index in [9.17, 15) is 0 Å². The van der Waals surface area contributed by atoms with Gasteiger partial charge in [-0.25, -0.2) is 9.37 Å². The van der Waals surface area contributed by atoms with Gasteiger partial charge in [0.25, 0.3) is 0 Å². The highest BCUT2D eigenvalue weighted by Crippen LogP contribution is 2.51. The lowest BCUT2D eigenvalue weighted by Crippen LogP contribution is -2.45. The number of fused-ring (bicyclic) bond motifs is 2. The molecule has 2 fully saturated rings. The van der Waals surface area contributed by atoms with Crippen LogP contribution >= 0.6 is 0 Å². The van der Waals surface area contributed by atoms with Crippen LogP contribution in [0.15, 0.2) is 52.7 Å². The molecule has 0 unspecified atom stereocenters. The van der Waals surface area contributed by atoms with E-state index in [0.29, 0.717) is 12.4 Å². The van der Waals surface area contributed by atoms with Crippen molar-refractivity contribution in [1.82, 2.24) is 14.8 Å². The summed E-state index contributed by atoms with van der Waals surface area (Å²) in [5.41, 5.74) is 5.47. The molecule has 3 aliphatic heterocycles. The molecule has 6 nitrogen and oxygen atoms in total. The first-order valence-corrected chi connectivity index (χ1v) is 13.3. The van der Waals surface area contributed by atoms with Crippen LogP contribution in [0.2, 0.25) is 0 Å². The second-order valence-electron chi connectivity index (χ2n) is 10.5. The first-order chi connectivity index (χ1) is 17.6. The van der Waals surface area contributed by atoms with E-state index in [4.69, 9.17) is 9.98 Å². The maximum absolute atomic E-state index is 15.1. The van der Waals surface area contributed by atoms with Gasteiger partial charge in [-0.2, -0.15) is 0 Å². The Bertz CT molecular complexity index is 1220. The molecule has 2 aromatic rings. The van der Waals surface area contributed by atoms with Crippen molar-refractivity contribution in [1.29, 1.82) is 0 Å². The minimum Gasteiger partial charge on any atom is -0.313 e. The van der Waals surface area contributed by atoms with Gasteiger partial charge in [0.2, 0.25) is 0 Å². The number of anilines is 1. The van der Waals surface area contributed by atoms with E-state index in [0.717, 1.165) is 80.5 Å². The summed E-state index contributed by atoms with van der Waals surface area (Å²) in [6.07, 6.45) is 10.4. The fourth-order valence-corrected chi connectivity index (χ4v) is 6.26. The molecular formula is C29H35FN6. The molecular weight excluding hydrogens is 451 g/mol. The molecule has 0 radical (unpaired) electrons. The van der Waals surface area contributed by atoms with Crippen LogP contribution in [0.1, 0.15) is 56.2 Å². The molecule has 4 aliphatic rings. The van der Waals surface area contributed by atoms with Gasteiger partial charge < -0.3 is 9.80 Å². The van der Waals surface area contributed by atoms with E-state index < -0.39 is 0 Å². The fraction of sp³-hybridized carbons (Fsp3) is 0.483. The Morgan fingerprint density at radius 1 is 1.03 bits per heavy atom. The molecule has 1 aliphatic carbocycles. The van der Waals surface area contributed by atoms with Gasteiger partial charge in [-0.05, 0) is 61.7 Å². The van der Waals surface area contributed by atoms with E-state index in [1.54, 1.807) is 6.07 Å². The second kappa shape index (κ2) is 9.52. The van der Waals surface area contributed by atoms with Crippen LogP contribution in [0.4, 0.5) is 15.9 Å². The summed E-state index contributed by atoms with van der Waals surface area (Å²) in [6, 6.07) is 7.97. The summed E-state index contributed by atoms with van der Waals surface area (Å²) in [5.74, 6) is 0.639. The van der Waals surface area contributed by atoms with Gasteiger partial charge in [-0.1, -0.05) is 25.8 Å². The van der Waals surface area contributed by atoms with E-state index >= 15 is 4.39 Å². The molecule has 1 saturated carbocycles. The topological polar surface area (TPSA) is 47.3 Å². The lowest BCUT2D eigenvalue weighted by Gasteiger charge is -2.34. The smallest absolute Gasteiger partial charge is 0.149 e. The lowest BCUT2D eigenvalue weighted by atomic mass is 9.76. The normalized spacial score (nSPS) is 21.7. The number of aromatic nitrogens is 1. The summed E-state index contributed by atoms with van der Waals surface area (Å²) in [6.45, 7) is 11.3. The lowest BCUT2D eigenvalue weighted by molar-refractivity contribution is 0.132. The minimum absolute atomic E-state index is 0.0770. The number of rotatable bonds is 5. The Balaban J connectivity index is 1.13. The summed E-state index contributed by atoms with van der Waals surface area (Å²) < 4.78 is 15.1. The molecule has 1 spiro atoms. The Morgan fingerprint density at radius 3 is 2.47 bits per heavy atom. The quantitative estimate of drug-likeness (QED) is 0.593. The van der Waals surface area contributed by atoms with Crippen molar-refractivity contribution in [2.24, 2.45) is 9.98 Å². The zero-order valence-electron chi connectivity index (χ0n) is 21.4. The summed E-state index contributed by atoms with van der Waals surface area (Å²) >= 11 is 0. The number of hydrogen-bond donors (Lipinski definition) is 0. The van der Waals surface area contributed by atoms with Crippen LogP contribution < -0.4 is 4.90 Å². The van der Waals surface area contributed by atoms with E-state index in [1.807, 2.05) is 23.4 Å². The van der Waals surface area contributed by atoms with Gasteiger partial charge in [0.1, 0.15) is 24.0 Å². The third-order valence-electron chi connectivity index (χ3n) is 8.53. The minimum atomic E-state index is -0.238. The predicted octanol–water partition coefficient (Wildman–Crippen LogP) is 5.06. The Labute approximate surface area is 213 Å². The van der Waals surface area contributed by atoms with Gasteiger partial charge in [0.05, 0.1) is 5.71 Å². The first kappa shape index (κ1) is 23.5. The van der Waals surface area contributed by atoms with Crippen molar-refractivity contribution in [3.05, 3.63) is 65.2 Å². The van der Waals surface area contributed by atoms with Crippen molar-refractivity contribution in [3.63, 3.8) is 0 Å². The maximum atomic E-state index is 15.1. The van der Waals surface area contributed by atoms with Gasteiger partial charge >= 0.3 is 0 Å². The molecule has 1 aromatic carbocycles. The molecule has 0 amide bonds. The van der Waals surface area contributed by atoms with Crippen LogP contribution in [0.3, 0.4) is 0 Å². The SMILES string of the molecule is CCN1CCN(Cc2ccc(N3C=CC(c4cc(F)c5c(c4)C4(CCCC4)C(C)=N5)=NC3)nc2)CC1. The zero-order valence-corrected chi connectivity index (χ0v) is 21.4. The molecule has 0 bridgehead atoms. The number of piperazine rings is 1. The molecule has 1 aromatic heterocycles. The van der Waals surface area contributed by atoms with Gasteiger partial charge in [0, 0.05) is 61.8 Å². The van der Waals surface area contributed by atoms with Crippen molar-refractivity contribution in [3.8, 4) is 0 Å². The van der Waals surface area contributed by atoms with Crippen LogP contribution in [0, 0.1) is 5.82 Å². The number of likely N-dealkylation sites (N-methyl/N-ethyl adjacent to an activating group) is 1. The third kappa shape index (κ3) is 4.18. The van der Waals surface area contributed by atoms with Crippen molar-refractivity contribution >= 4 is 22.9 Å². The highest BCUT2D eigenvalue weighted by Gasteiger charge is 2.44. The fourth-order valence-electron chi connectivity index (χ4n) is 6.26. The standard InChI is InChI=1S/C29H35FN6/c1-3-34-12-14-35(15-13-34)19-22-6-7-27(31-18-22)36-11-8-26(32-20-36)23-16-24-28(25(30)17-23)33-21(2)29(24)9-4-5-10-29/h6-8,11,16-18H,3-5,9-10,12-15,19-20H2,1-2H3. The van der Waals surface area contributed by atoms with E-state index in [-0.39, 0.29) is 11.2 Å². The Kier molecular flexibility index (Phi) is 6.21. The van der Waals surface area contributed by atoms with Gasteiger partial charge in [-0.3, -0.25) is 14.9 Å². The molecule has 36 heavy (non-hydrogen) atoms. The first-order valence-electron chi connectivity index (χ1n) is 13.3. The molecule has 7 heteroatoms. The van der Waals surface area contributed by atoms with Crippen LogP contribution in [-0.2, 0) is 12.0 Å². The highest BCUT2D eigenvalue weighted by molar-refractivity contribution is 6.11. The second-order valence-corrected chi connectivity index (χ2v) is 10.5. The number of halogens is 1. The average molecular weight is 487 g/mol. The van der Waals surface area contributed by atoms with Crippen LogP contribution in [0.5, 0.6) is 0 Å². The van der Waals surface area contributed by atoms with Crippen molar-refractivity contribution in [2.75, 3.05) is 44.3 Å². The van der Waals surface area contributed by atoms with Crippen molar-refractivity contribution < 1.29 is 4.39 Å². The van der Waals surface area contributed by atoms with Crippen molar-refractivity contribution in [2.45, 2.75) is 51.5 Å². The summed E-state index contributed by atoms with van der Waals surface area (Å²) in [4.78, 5) is 21.2. The predicted molar refractivity (Wildman–Crippen MR) is 144 cm³/mol. The number of nitrogens with zero attached hydrogens (tertiary/aromatic N) is 6. The number of allylic oxidation sites excluding steroid dienone is 1. The summed E-state index contributed by atoms with van der Waals surface area (Å²) in [5, 5.41) is 0. The molecule has 1 saturated heterocycles. The number of pyridine rings is 1. The highest BCUT2D eigenvalue weighted by atomic mass is 19.1. The van der Waals surface area contributed by atoms with Crippen LogP contribution in [-0.4, -0.2) is 65.6 Å². The van der Waals surface area contributed by atoms with Gasteiger partial charge in [0.15, 0.2) is 0 Å². The Morgan fingerprint density at radius 2 is 1.81 bits per heavy atom. The van der Waals surface area contributed by atoms with Crippen LogP contribution in [0.25, 0.3) is 0 Å². The zero-order chi connectivity index (χ0) is 24.7. The number of hydrogen-bond acceptors (Lipinski definition) is 6. The monoisotopic (exact) mass is 486 g/mol. The summed E-state index contributed by atoms with van der Waals surface area (Å²) in [7, 11) is 0. The Hall–Kier alpha value is -2.90. The molecule has 6 rings (SSSR count). The number of benzene rings is 1. The van der Waals surface area contributed by atoms with E-state index in [1.165, 1.54) is 18.4 Å². The number of aliphatic imine (C=N–C) groups is 2. The van der Waals surface area contributed by atoms with Gasteiger partial charge in [-0.15, -0.1) is 0 Å². The largest absolute Gasteiger partial charge is 0.313 e. The molecule has 4 heterocycles. The third-order valence-corrected chi connectivity index (χ3v) is 8.53. The maximum Gasteiger partial charge on any atom is 0.149 e. The molecule has 0 N–H and O–H groups in total.